The van der Waals surface area contributed by atoms with Gasteiger partial charge in [0.15, 0.2) is 0 Å². The number of aliphatic hydroxyl groups excluding tert-OH is 1. The first-order valence-electron chi connectivity index (χ1n) is 10.0. The van der Waals surface area contributed by atoms with Crippen molar-refractivity contribution in [3.8, 4) is 11.5 Å². The van der Waals surface area contributed by atoms with Gasteiger partial charge < -0.3 is 15.6 Å². The minimum atomic E-state index is -0.211. The minimum absolute atomic E-state index is 0.144. The van der Waals surface area contributed by atoms with Crippen LogP contribution in [0.15, 0.2) is 82.4 Å². The molecule has 1 aliphatic carbocycles. The molecule has 2 heterocycles. The summed E-state index contributed by atoms with van der Waals surface area (Å²) in [5.41, 5.74) is 10.4. The maximum Gasteiger partial charge on any atom is 0.129 e. The number of hydrogen-bond acceptors (Lipinski definition) is 5. The lowest BCUT2D eigenvalue weighted by molar-refractivity contribution is 0.0689. The molecule has 1 fully saturated rings. The molecule has 1 saturated carbocycles. The average Bonchev–Trinajstić information content (AvgIpc) is 2.98. The van der Waals surface area contributed by atoms with E-state index in [1.807, 2.05) is 54.6 Å². The maximum atomic E-state index is 9.77. The lowest BCUT2D eigenvalue weighted by Crippen LogP contribution is -2.37. The standard InChI is InChI=1S/C24H23N3O2/c25-24-21-20(7-4-12-26-24)22(16-13-17(28)14-16)27-23(21)15-8-10-19(11-9-15)29-18-5-2-1-3-6-18/h1-6,8-12,16-17,20,28H,7,13-14H2,(H2,25,26). The van der Waals surface area contributed by atoms with Crippen molar-refractivity contribution in [3.05, 3.63) is 78.0 Å². The first-order chi connectivity index (χ1) is 14.2. The molecule has 0 radical (unpaired) electrons. The normalized spacial score (nSPS) is 25.6. The Morgan fingerprint density at radius 2 is 1.69 bits per heavy atom. The molecule has 5 heteroatoms. The van der Waals surface area contributed by atoms with Gasteiger partial charge in [0.1, 0.15) is 17.3 Å². The van der Waals surface area contributed by atoms with Gasteiger partial charge in [0, 0.05) is 34.9 Å². The van der Waals surface area contributed by atoms with E-state index < -0.39 is 0 Å². The Labute approximate surface area is 170 Å². The number of ether oxygens (including phenoxy) is 1. The predicted molar refractivity (Wildman–Crippen MR) is 115 cm³/mol. The van der Waals surface area contributed by atoms with Crippen molar-refractivity contribution < 1.29 is 9.84 Å². The molecular formula is C24H23N3O2. The fourth-order valence-corrected chi connectivity index (χ4v) is 4.25. The van der Waals surface area contributed by atoms with E-state index in [1.165, 1.54) is 0 Å². The minimum Gasteiger partial charge on any atom is -0.457 e. The van der Waals surface area contributed by atoms with Crippen LogP contribution in [0.3, 0.4) is 0 Å². The third kappa shape index (κ3) is 3.38. The maximum absolute atomic E-state index is 9.77. The van der Waals surface area contributed by atoms with Crippen LogP contribution < -0.4 is 10.5 Å². The zero-order chi connectivity index (χ0) is 19.8. The molecule has 2 aliphatic heterocycles. The zero-order valence-corrected chi connectivity index (χ0v) is 16.0. The van der Waals surface area contributed by atoms with Crippen LogP contribution in [0.5, 0.6) is 11.5 Å². The summed E-state index contributed by atoms with van der Waals surface area (Å²) in [7, 11) is 0. The summed E-state index contributed by atoms with van der Waals surface area (Å²) in [5.74, 6) is 2.57. The lowest BCUT2D eigenvalue weighted by Gasteiger charge is -2.34. The monoisotopic (exact) mass is 385 g/mol. The second-order valence-corrected chi connectivity index (χ2v) is 7.75. The van der Waals surface area contributed by atoms with Crippen molar-refractivity contribution in [2.24, 2.45) is 27.6 Å². The number of fused-ring (bicyclic) bond motifs is 1. The topological polar surface area (TPSA) is 80.2 Å². The molecule has 0 bridgehead atoms. The third-order valence-electron chi connectivity index (χ3n) is 5.81. The van der Waals surface area contributed by atoms with Crippen molar-refractivity contribution in [1.82, 2.24) is 0 Å². The van der Waals surface area contributed by atoms with Gasteiger partial charge in [-0.2, -0.15) is 0 Å². The van der Waals surface area contributed by atoms with Crippen molar-refractivity contribution in [2.45, 2.75) is 25.4 Å². The first kappa shape index (κ1) is 17.9. The largest absolute Gasteiger partial charge is 0.457 e. The highest BCUT2D eigenvalue weighted by Crippen LogP contribution is 2.43. The van der Waals surface area contributed by atoms with Crippen LogP contribution in [0, 0.1) is 11.8 Å². The van der Waals surface area contributed by atoms with Gasteiger partial charge in [-0.3, -0.25) is 4.99 Å². The Balaban J connectivity index is 1.47. The Morgan fingerprint density at radius 1 is 0.966 bits per heavy atom. The van der Waals surface area contributed by atoms with Crippen LogP contribution >= 0.6 is 0 Å². The highest BCUT2D eigenvalue weighted by molar-refractivity contribution is 6.15. The summed E-state index contributed by atoms with van der Waals surface area (Å²) in [6, 6.07) is 17.7. The van der Waals surface area contributed by atoms with Crippen LogP contribution in [0.4, 0.5) is 0 Å². The number of benzene rings is 2. The fourth-order valence-electron chi connectivity index (χ4n) is 4.25. The molecule has 1 atom stereocenters. The van der Waals surface area contributed by atoms with Crippen LogP contribution in [0.25, 0.3) is 5.70 Å². The number of allylic oxidation sites excluding steroid dienone is 1. The van der Waals surface area contributed by atoms with Gasteiger partial charge in [-0.05, 0) is 55.7 Å². The van der Waals surface area contributed by atoms with Gasteiger partial charge in [0.25, 0.3) is 0 Å². The van der Waals surface area contributed by atoms with E-state index >= 15 is 0 Å². The number of aliphatic imine (C=N–C) groups is 2. The summed E-state index contributed by atoms with van der Waals surface area (Å²) in [6.45, 7) is 0. The van der Waals surface area contributed by atoms with Gasteiger partial charge in [-0.25, -0.2) is 4.99 Å². The molecule has 0 amide bonds. The molecule has 1 unspecified atom stereocenters. The molecular weight excluding hydrogens is 362 g/mol. The number of hydrogen-bond donors (Lipinski definition) is 2. The summed E-state index contributed by atoms with van der Waals surface area (Å²) >= 11 is 0. The molecule has 0 aromatic heterocycles. The van der Waals surface area contributed by atoms with Crippen molar-refractivity contribution in [1.29, 1.82) is 0 Å². The van der Waals surface area contributed by atoms with E-state index in [-0.39, 0.29) is 12.0 Å². The zero-order valence-electron chi connectivity index (χ0n) is 16.0. The third-order valence-corrected chi connectivity index (χ3v) is 5.81. The Morgan fingerprint density at radius 3 is 2.41 bits per heavy atom. The van der Waals surface area contributed by atoms with Crippen LogP contribution in [-0.2, 0) is 0 Å². The molecule has 2 aromatic rings. The highest BCUT2D eigenvalue weighted by Gasteiger charge is 2.41. The Bertz CT molecular complexity index is 1030. The van der Waals surface area contributed by atoms with E-state index in [1.54, 1.807) is 6.20 Å². The van der Waals surface area contributed by atoms with E-state index in [2.05, 4.69) is 11.1 Å². The molecule has 5 rings (SSSR count). The molecule has 5 nitrogen and oxygen atoms in total. The molecule has 0 saturated heterocycles. The number of nitrogens with zero attached hydrogens (tertiary/aromatic N) is 2. The van der Waals surface area contributed by atoms with Gasteiger partial charge in [0.2, 0.25) is 0 Å². The number of aliphatic hydroxyl groups is 1. The average molecular weight is 385 g/mol. The first-order valence-corrected chi connectivity index (χ1v) is 10.0. The lowest BCUT2D eigenvalue weighted by atomic mass is 9.73. The fraction of sp³-hybridized carbons (Fsp3) is 0.250. The van der Waals surface area contributed by atoms with E-state index in [0.717, 1.165) is 53.3 Å². The molecule has 2 aromatic carbocycles. The van der Waals surface area contributed by atoms with E-state index in [0.29, 0.717) is 11.8 Å². The highest BCUT2D eigenvalue weighted by atomic mass is 16.5. The van der Waals surface area contributed by atoms with E-state index in [4.69, 9.17) is 15.5 Å². The molecule has 146 valence electrons. The SMILES string of the molecule is NC1=NC=CCC2C(C3CC(O)C3)=NC(c3ccc(Oc4ccccc4)cc3)=C12. The number of amidine groups is 1. The number of para-hydroxylation sites is 1. The Hall–Kier alpha value is -3.18. The quantitative estimate of drug-likeness (QED) is 0.823. The van der Waals surface area contributed by atoms with Crippen LogP contribution in [0.2, 0.25) is 0 Å². The van der Waals surface area contributed by atoms with Crippen molar-refractivity contribution in [3.63, 3.8) is 0 Å². The smallest absolute Gasteiger partial charge is 0.129 e. The van der Waals surface area contributed by atoms with Gasteiger partial charge in [-0.15, -0.1) is 0 Å². The molecule has 3 N–H and O–H groups in total. The predicted octanol–water partition coefficient (Wildman–Crippen LogP) is 4.31. The Kier molecular flexibility index (Phi) is 4.52. The van der Waals surface area contributed by atoms with E-state index in [9.17, 15) is 5.11 Å². The van der Waals surface area contributed by atoms with Gasteiger partial charge in [0.05, 0.1) is 11.8 Å². The number of rotatable bonds is 4. The van der Waals surface area contributed by atoms with Gasteiger partial charge >= 0.3 is 0 Å². The second-order valence-electron chi connectivity index (χ2n) is 7.75. The summed E-state index contributed by atoms with van der Waals surface area (Å²) in [4.78, 5) is 9.39. The molecule has 29 heavy (non-hydrogen) atoms. The van der Waals surface area contributed by atoms with Crippen molar-refractivity contribution >= 4 is 17.2 Å². The summed E-state index contributed by atoms with van der Waals surface area (Å²) in [5, 5.41) is 9.77. The summed E-state index contributed by atoms with van der Waals surface area (Å²) < 4.78 is 5.90. The summed E-state index contributed by atoms with van der Waals surface area (Å²) in [6.07, 6.45) is 6.01. The van der Waals surface area contributed by atoms with Crippen LogP contribution in [-0.4, -0.2) is 22.8 Å². The molecule has 0 spiro atoms. The van der Waals surface area contributed by atoms with Crippen LogP contribution in [0.1, 0.15) is 24.8 Å². The van der Waals surface area contributed by atoms with Gasteiger partial charge in [-0.1, -0.05) is 24.3 Å². The van der Waals surface area contributed by atoms with Crippen molar-refractivity contribution in [2.75, 3.05) is 0 Å². The second kappa shape index (κ2) is 7.33. The number of nitrogens with two attached hydrogens (primary N) is 1. The molecule has 3 aliphatic rings.